The number of hydrogen-bond acceptors (Lipinski definition) is 3. The average molecular weight is 454 g/mol. The van der Waals surface area contributed by atoms with Crippen LogP contribution in [-0.2, 0) is 0 Å². The minimum Gasteiger partial charge on any atom is -0.304 e. The van der Waals surface area contributed by atoms with Crippen LogP contribution in [0.25, 0.3) is 0 Å². The zero-order valence-electron chi connectivity index (χ0n) is 9.12. The number of hydrogen-bond donors (Lipinski definition) is 1. The molecule has 1 aromatic carbocycles. The predicted octanol–water partition coefficient (Wildman–Crippen LogP) is 4.16. The first-order valence-electron chi connectivity index (χ1n) is 4.92. The summed E-state index contributed by atoms with van der Waals surface area (Å²) in [4.78, 5) is 20.0. The van der Waals surface area contributed by atoms with E-state index in [0.29, 0.717) is 14.8 Å². The van der Waals surface area contributed by atoms with Gasteiger partial charge in [-0.05, 0) is 66.0 Å². The van der Waals surface area contributed by atoms with Crippen LogP contribution in [-0.4, -0.2) is 15.9 Å². The van der Waals surface area contributed by atoms with E-state index in [4.69, 9.17) is 0 Å². The van der Waals surface area contributed by atoms with Crippen LogP contribution < -0.4 is 5.32 Å². The molecule has 0 spiro atoms. The van der Waals surface area contributed by atoms with E-state index in [-0.39, 0.29) is 10.3 Å². The highest BCUT2D eigenvalue weighted by Crippen LogP contribution is 2.21. The third-order valence-corrected chi connectivity index (χ3v) is 3.66. The SMILES string of the molecule is O=C(Nc1ncc(Br)nc1Br)c1ccc(F)c(Br)c1. The lowest BCUT2D eigenvalue weighted by molar-refractivity contribution is 0.102. The van der Waals surface area contributed by atoms with Crippen LogP contribution in [0.2, 0.25) is 0 Å². The van der Waals surface area contributed by atoms with Crippen molar-refractivity contribution in [3.05, 3.63) is 49.5 Å². The Kier molecular flexibility index (Phi) is 4.64. The molecule has 0 radical (unpaired) electrons. The predicted molar refractivity (Wildman–Crippen MR) is 79.5 cm³/mol. The molecule has 8 heteroatoms. The fourth-order valence-corrected chi connectivity index (χ4v) is 2.54. The van der Waals surface area contributed by atoms with Gasteiger partial charge in [0.25, 0.3) is 5.91 Å². The average Bonchev–Trinajstić information content (AvgIpc) is 2.36. The van der Waals surface area contributed by atoms with Crippen molar-refractivity contribution in [3.63, 3.8) is 0 Å². The Morgan fingerprint density at radius 2 is 2.00 bits per heavy atom. The van der Waals surface area contributed by atoms with Crippen molar-refractivity contribution in [2.45, 2.75) is 0 Å². The summed E-state index contributed by atoms with van der Waals surface area (Å²) in [5, 5.41) is 2.58. The molecule has 2 aromatic rings. The normalized spacial score (nSPS) is 10.3. The minimum atomic E-state index is -0.429. The van der Waals surface area contributed by atoms with E-state index >= 15 is 0 Å². The van der Waals surface area contributed by atoms with Gasteiger partial charge in [-0.15, -0.1) is 0 Å². The molecule has 1 amide bonds. The lowest BCUT2D eigenvalue weighted by Gasteiger charge is -2.06. The van der Waals surface area contributed by atoms with Crippen molar-refractivity contribution in [2.75, 3.05) is 5.32 Å². The molecular weight excluding hydrogens is 449 g/mol. The number of anilines is 1. The van der Waals surface area contributed by atoms with Gasteiger partial charge in [0.1, 0.15) is 15.0 Å². The maximum absolute atomic E-state index is 13.1. The van der Waals surface area contributed by atoms with Gasteiger partial charge in [-0.2, -0.15) is 0 Å². The highest BCUT2D eigenvalue weighted by Gasteiger charge is 2.12. The number of halogens is 4. The summed E-state index contributed by atoms with van der Waals surface area (Å²) >= 11 is 9.37. The summed E-state index contributed by atoms with van der Waals surface area (Å²) in [7, 11) is 0. The zero-order valence-corrected chi connectivity index (χ0v) is 13.9. The van der Waals surface area contributed by atoms with Crippen LogP contribution in [0.5, 0.6) is 0 Å². The summed E-state index contributed by atoms with van der Waals surface area (Å²) in [5.74, 6) is -0.548. The van der Waals surface area contributed by atoms with Crippen molar-refractivity contribution in [3.8, 4) is 0 Å². The number of nitrogens with zero attached hydrogens (tertiary/aromatic N) is 2. The van der Waals surface area contributed by atoms with Crippen molar-refractivity contribution in [1.82, 2.24) is 9.97 Å². The number of benzene rings is 1. The quantitative estimate of drug-likeness (QED) is 0.743. The topological polar surface area (TPSA) is 54.9 Å². The Balaban J connectivity index is 2.23. The van der Waals surface area contributed by atoms with E-state index in [1.165, 1.54) is 24.4 Å². The molecular formula is C11H5Br3FN3O. The summed E-state index contributed by atoms with van der Waals surface area (Å²) in [6.45, 7) is 0. The number of amides is 1. The van der Waals surface area contributed by atoms with Crippen LogP contribution in [0.4, 0.5) is 10.2 Å². The van der Waals surface area contributed by atoms with Crippen molar-refractivity contribution < 1.29 is 9.18 Å². The molecule has 0 bridgehead atoms. The summed E-state index contributed by atoms with van der Waals surface area (Å²) in [5.41, 5.74) is 0.310. The van der Waals surface area contributed by atoms with E-state index in [9.17, 15) is 9.18 Å². The van der Waals surface area contributed by atoms with Gasteiger partial charge in [-0.1, -0.05) is 0 Å². The molecule has 0 aliphatic heterocycles. The van der Waals surface area contributed by atoms with Gasteiger partial charge in [-0.3, -0.25) is 4.79 Å². The van der Waals surface area contributed by atoms with Gasteiger partial charge < -0.3 is 5.32 Å². The summed E-state index contributed by atoms with van der Waals surface area (Å²) < 4.78 is 14.3. The van der Waals surface area contributed by atoms with Gasteiger partial charge in [0.2, 0.25) is 0 Å². The van der Waals surface area contributed by atoms with Crippen molar-refractivity contribution >= 4 is 59.5 Å². The van der Waals surface area contributed by atoms with Crippen molar-refractivity contribution in [2.24, 2.45) is 0 Å². The molecule has 2 rings (SSSR count). The molecule has 1 N–H and O–H groups in total. The van der Waals surface area contributed by atoms with Gasteiger partial charge in [-0.25, -0.2) is 14.4 Å². The summed E-state index contributed by atoms with van der Waals surface area (Å²) in [6.07, 6.45) is 1.46. The van der Waals surface area contributed by atoms with E-state index in [1.54, 1.807) is 0 Å². The third kappa shape index (κ3) is 3.58. The van der Waals surface area contributed by atoms with E-state index < -0.39 is 11.7 Å². The standard InChI is InChI=1S/C11H5Br3FN3O/c12-6-3-5(1-2-7(6)15)11(19)18-10-9(14)17-8(13)4-16-10/h1-4H,(H,16,18,19). The molecule has 0 saturated carbocycles. The molecule has 0 saturated heterocycles. The van der Waals surface area contributed by atoms with Crippen LogP contribution in [0.1, 0.15) is 10.4 Å². The van der Waals surface area contributed by atoms with Gasteiger partial charge in [0.15, 0.2) is 5.82 Å². The highest BCUT2D eigenvalue weighted by molar-refractivity contribution is 9.11. The number of nitrogens with one attached hydrogen (secondary N) is 1. The second-order valence-electron chi connectivity index (χ2n) is 3.42. The lowest BCUT2D eigenvalue weighted by atomic mass is 10.2. The third-order valence-electron chi connectivity index (χ3n) is 2.11. The Labute approximate surface area is 133 Å². The first-order chi connectivity index (χ1) is 8.97. The second kappa shape index (κ2) is 6.06. The molecule has 0 aliphatic rings. The first kappa shape index (κ1) is 14.5. The Morgan fingerprint density at radius 3 is 2.63 bits per heavy atom. The Bertz CT molecular complexity index is 651. The van der Waals surface area contributed by atoms with E-state index in [2.05, 4.69) is 63.1 Å². The Hall–Kier alpha value is -0.860. The fourth-order valence-electron chi connectivity index (χ4n) is 1.25. The molecule has 1 aromatic heterocycles. The molecule has 0 fully saturated rings. The molecule has 1 heterocycles. The van der Waals surface area contributed by atoms with Gasteiger partial charge in [0, 0.05) is 5.56 Å². The second-order valence-corrected chi connectivity index (χ2v) is 5.83. The van der Waals surface area contributed by atoms with Crippen LogP contribution in [0.3, 0.4) is 0 Å². The maximum Gasteiger partial charge on any atom is 0.256 e. The molecule has 0 aliphatic carbocycles. The zero-order chi connectivity index (χ0) is 14.0. The van der Waals surface area contributed by atoms with Gasteiger partial charge in [0.05, 0.1) is 10.7 Å². The largest absolute Gasteiger partial charge is 0.304 e. The molecule has 19 heavy (non-hydrogen) atoms. The molecule has 98 valence electrons. The molecule has 4 nitrogen and oxygen atoms in total. The van der Waals surface area contributed by atoms with Crippen LogP contribution >= 0.6 is 47.8 Å². The van der Waals surface area contributed by atoms with Crippen LogP contribution in [0, 0.1) is 5.82 Å². The number of carbonyl (C=O) groups is 1. The summed E-state index contributed by atoms with van der Waals surface area (Å²) in [6, 6.07) is 3.99. The maximum atomic E-state index is 13.1. The van der Waals surface area contributed by atoms with Crippen LogP contribution in [0.15, 0.2) is 38.1 Å². The fraction of sp³-hybridized carbons (Fsp3) is 0. The van der Waals surface area contributed by atoms with E-state index in [0.717, 1.165) is 0 Å². The molecule has 0 atom stereocenters. The number of carbonyl (C=O) groups excluding carboxylic acids is 1. The Morgan fingerprint density at radius 1 is 1.26 bits per heavy atom. The monoisotopic (exact) mass is 451 g/mol. The highest BCUT2D eigenvalue weighted by atomic mass is 79.9. The van der Waals surface area contributed by atoms with Gasteiger partial charge >= 0.3 is 0 Å². The van der Waals surface area contributed by atoms with E-state index in [1.807, 2.05) is 0 Å². The molecule has 0 unspecified atom stereocenters. The number of aromatic nitrogens is 2. The number of rotatable bonds is 2. The smallest absolute Gasteiger partial charge is 0.256 e. The van der Waals surface area contributed by atoms with Crippen molar-refractivity contribution in [1.29, 1.82) is 0 Å². The lowest BCUT2D eigenvalue weighted by Crippen LogP contribution is -2.14. The minimum absolute atomic E-state index is 0.223. The first-order valence-corrected chi connectivity index (χ1v) is 7.29.